The molecule has 6 nitrogen and oxygen atoms in total. The molecule has 1 aromatic heterocycles. The van der Waals surface area contributed by atoms with E-state index in [2.05, 4.69) is 4.74 Å². The number of thiophene rings is 1. The van der Waals surface area contributed by atoms with Crippen molar-refractivity contribution in [2.45, 2.75) is 38.7 Å². The van der Waals surface area contributed by atoms with Crippen molar-refractivity contribution < 1.29 is 23.9 Å². The molecule has 1 N–H and O–H groups in total. The molecule has 0 saturated heterocycles. The molecule has 114 valence electrons. The van der Waals surface area contributed by atoms with Crippen LogP contribution in [0.25, 0.3) is 0 Å². The number of nitrogens with one attached hydrogen (secondary N) is 1. The van der Waals surface area contributed by atoms with Crippen molar-refractivity contribution in [3.63, 3.8) is 0 Å². The number of carbonyl (C=O) groups excluding carboxylic acids is 3. The number of imide groups is 1. The summed E-state index contributed by atoms with van der Waals surface area (Å²) < 4.78 is 9.43. The number of hydrogen-bond donors (Lipinski definition) is 1. The molecule has 0 unspecified atom stereocenters. The van der Waals surface area contributed by atoms with Crippen LogP contribution in [0, 0.1) is 0 Å². The van der Waals surface area contributed by atoms with Gasteiger partial charge in [0.15, 0.2) is 6.10 Å². The van der Waals surface area contributed by atoms with E-state index < -0.39 is 24.1 Å². The molecule has 1 aliphatic carbocycles. The molecular weight excluding hydrogens is 294 g/mol. The summed E-state index contributed by atoms with van der Waals surface area (Å²) in [5, 5.41) is 3.75. The van der Waals surface area contributed by atoms with Crippen LogP contribution in [0.2, 0.25) is 0 Å². The number of esters is 1. The summed E-state index contributed by atoms with van der Waals surface area (Å²) in [4.78, 5) is 35.9. The maximum absolute atomic E-state index is 12.1. The van der Waals surface area contributed by atoms with Gasteiger partial charge >= 0.3 is 12.1 Å². The summed E-state index contributed by atoms with van der Waals surface area (Å²) in [6, 6.07) is 0. The van der Waals surface area contributed by atoms with Crippen molar-refractivity contribution in [3.05, 3.63) is 21.4 Å². The predicted octanol–water partition coefficient (Wildman–Crippen LogP) is 2.05. The zero-order valence-electron chi connectivity index (χ0n) is 11.9. The second-order valence-electron chi connectivity index (χ2n) is 4.79. The lowest BCUT2D eigenvalue weighted by atomic mass is 9.96. The van der Waals surface area contributed by atoms with Crippen molar-refractivity contribution in [3.8, 4) is 0 Å². The Morgan fingerprint density at radius 1 is 1.29 bits per heavy atom. The topological polar surface area (TPSA) is 81.7 Å². The standard InChI is InChI=1S/C14H17NO5S/c1-8(12(16)15-14(18)19-2)20-13(17)10-7-21-11-6-4-3-5-9(10)11/h7-8H,3-6H2,1-2H3,(H,15,16,18)/t8-/m0/s1. The number of ether oxygens (including phenoxy) is 2. The van der Waals surface area contributed by atoms with Gasteiger partial charge in [-0.1, -0.05) is 0 Å². The Morgan fingerprint density at radius 2 is 2.00 bits per heavy atom. The summed E-state index contributed by atoms with van der Waals surface area (Å²) in [5.41, 5.74) is 1.57. The number of fused-ring (bicyclic) bond motifs is 1. The highest BCUT2D eigenvalue weighted by Crippen LogP contribution is 2.30. The van der Waals surface area contributed by atoms with Gasteiger partial charge in [0.2, 0.25) is 0 Å². The molecule has 0 fully saturated rings. The lowest BCUT2D eigenvalue weighted by Crippen LogP contribution is -2.39. The Balaban J connectivity index is 1.99. The average molecular weight is 311 g/mol. The second kappa shape index (κ2) is 6.71. The molecule has 21 heavy (non-hydrogen) atoms. The third-order valence-electron chi connectivity index (χ3n) is 3.34. The molecule has 1 heterocycles. The lowest BCUT2D eigenvalue weighted by molar-refractivity contribution is -0.128. The summed E-state index contributed by atoms with van der Waals surface area (Å²) in [6.07, 6.45) is 2.12. The molecule has 2 amide bonds. The van der Waals surface area contributed by atoms with Gasteiger partial charge in [-0.25, -0.2) is 9.59 Å². The minimum Gasteiger partial charge on any atom is -0.453 e. The van der Waals surface area contributed by atoms with Crippen molar-refractivity contribution in [1.29, 1.82) is 0 Å². The van der Waals surface area contributed by atoms with Gasteiger partial charge in [0, 0.05) is 10.3 Å². The Bertz CT molecular complexity index is 566. The molecule has 0 radical (unpaired) electrons. The van der Waals surface area contributed by atoms with Crippen molar-refractivity contribution in [1.82, 2.24) is 5.32 Å². The monoisotopic (exact) mass is 311 g/mol. The number of alkyl carbamates (subject to hydrolysis) is 1. The first-order valence-corrected chi connectivity index (χ1v) is 7.60. The average Bonchev–Trinajstić information content (AvgIpc) is 2.90. The van der Waals surface area contributed by atoms with Gasteiger partial charge in [-0.05, 0) is 38.2 Å². The Hall–Kier alpha value is -1.89. The van der Waals surface area contributed by atoms with E-state index >= 15 is 0 Å². The van der Waals surface area contributed by atoms with E-state index in [0.717, 1.165) is 38.4 Å². The van der Waals surface area contributed by atoms with E-state index in [1.807, 2.05) is 5.32 Å². The highest BCUT2D eigenvalue weighted by atomic mass is 32.1. The van der Waals surface area contributed by atoms with Gasteiger partial charge in [0.1, 0.15) is 0 Å². The minimum atomic E-state index is -1.06. The minimum absolute atomic E-state index is 0.526. The number of hydrogen-bond acceptors (Lipinski definition) is 6. The van der Waals surface area contributed by atoms with Gasteiger partial charge in [0.05, 0.1) is 12.7 Å². The third kappa shape index (κ3) is 3.60. The van der Waals surface area contributed by atoms with Crippen LogP contribution in [0.4, 0.5) is 4.79 Å². The molecule has 0 aliphatic heterocycles. The fourth-order valence-corrected chi connectivity index (χ4v) is 3.31. The van der Waals surface area contributed by atoms with Gasteiger partial charge < -0.3 is 9.47 Å². The molecule has 0 saturated carbocycles. The first-order chi connectivity index (χ1) is 10.0. The normalized spacial score (nSPS) is 14.8. The lowest BCUT2D eigenvalue weighted by Gasteiger charge is -2.15. The molecular formula is C14H17NO5S. The van der Waals surface area contributed by atoms with Crippen LogP contribution in [0.15, 0.2) is 5.38 Å². The quantitative estimate of drug-likeness (QED) is 0.864. The molecule has 7 heteroatoms. The Kier molecular flexibility index (Phi) is 4.95. The number of carbonyl (C=O) groups is 3. The van der Waals surface area contributed by atoms with Crippen LogP contribution in [0.5, 0.6) is 0 Å². The molecule has 2 rings (SSSR count). The van der Waals surface area contributed by atoms with Gasteiger partial charge in [-0.3, -0.25) is 10.1 Å². The number of aryl methyl sites for hydroxylation is 1. The van der Waals surface area contributed by atoms with E-state index in [9.17, 15) is 14.4 Å². The SMILES string of the molecule is COC(=O)NC(=O)[C@H](C)OC(=O)c1csc2c1CCCC2. The van der Waals surface area contributed by atoms with E-state index in [1.165, 1.54) is 11.8 Å². The number of rotatable bonds is 3. The van der Waals surface area contributed by atoms with Crippen molar-refractivity contribution in [2.75, 3.05) is 7.11 Å². The largest absolute Gasteiger partial charge is 0.453 e. The second-order valence-corrected chi connectivity index (χ2v) is 5.75. The van der Waals surface area contributed by atoms with E-state index in [1.54, 1.807) is 16.7 Å². The van der Waals surface area contributed by atoms with Gasteiger partial charge in [0.25, 0.3) is 5.91 Å². The van der Waals surface area contributed by atoms with E-state index in [0.29, 0.717) is 5.56 Å². The molecule has 0 aromatic carbocycles. The fourth-order valence-electron chi connectivity index (χ4n) is 2.20. The molecule has 0 bridgehead atoms. The highest BCUT2D eigenvalue weighted by molar-refractivity contribution is 7.10. The van der Waals surface area contributed by atoms with Gasteiger partial charge in [-0.2, -0.15) is 0 Å². The fraction of sp³-hybridized carbons (Fsp3) is 0.500. The van der Waals surface area contributed by atoms with Crippen molar-refractivity contribution in [2.24, 2.45) is 0 Å². The van der Waals surface area contributed by atoms with Crippen LogP contribution in [0.3, 0.4) is 0 Å². The number of amides is 2. The summed E-state index contributed by atoms with van der Waals surface area (Å²) in [6.45, 7) is 1.41. The summed E-state index contributed by atoms with van der Waals surface area (Å²) in [5.74, 6) is -1.23. The summed E-state index contributed by atoms with van der Waals surface area (Å²) >= 11 is 1.55. The van der Waals surface area contributed by atoms with Crippen molar-refractivity contribution >= 4 is 29.3 Å². The van der Waals surface area contributed by atoms with Crippen LogP contribution >= 0.6 is 11.3 Å². The Labute approximate surface area is 126 Å². The van der Waals surface area contributed by atoms with E-state index in [4.69, 9.17) is 4.74 Å². The van der Waals surface area contributed by atoms with Crippen LogP contribution in [-0.2, 0) is 27.1 Å². The summed E-state index contributed by atoms with van der Waals surface area (Å²) in [7, 11) is 1.15. The zero-order chi connectivity index (χ0) is 15.4. The molecule has 1 atom stereocenters. The zero-order valence-corrected chi connectivity index (χ0v) is 12.7. The first kappa shape index (κ1) is 15.5. The van der Waals surface area contributed by atoms with Gasteiger partial charge in [-0.15, -0.1) is 11.3 Å². The highest BCUT2D eigenvalue weighted by Gasteiger charge is 2.25. The van der Waals surface area contributed by atoms with Crippen LogP contribution < -0.4 is 5.32 Å². The number of methoxy groups -OCH3 is 1. The third-order valence-corrected chi connectivity index (χ3v) is 4.43. The molecule has 1 aliphatic rings. The smallest absolute Gasteiger partial charge is 0.413 e. The molecule has 1 aromatic rings. The maximum Gasteiger partial charge on any atom is 0.413 e. The van der Waals surface area contributed by atoms with Crippen LogP contribution in [-0.4, -0.2) is 31.2 Å². The predicted molar refractivity (Wildman–Crippen MR) is 76.4 cm³/mol. The van der Waals surface area contributed by atoms with Crippen LogP contribution in [0.1, 0.15) is 40.6 Å². The first-order valence-electron chi connectivity index (χ1n) is 6.72. The Morgan fingerprint density at radius 3 is 2.71 bits per heavy atom. The molecule has 0 spiro atoms. The maximum atomic E-state index is 12.1. The van der Waals surface area contributed by atoms with E-state index in [-0.39, 0.29) is 0 Å².